The number of nitrogens with one attached hydrogen (secondary N) is 1. The first-order valence-electron chi connectivity index (χ1n) is 5.26. The van der Waals surface area contributed by atoms with Crippen LogP contribution in [0.1, 0.15) is 17.4 Å². The van der Waals surface area contributed by atoms with Crippen molar-refractivity contribution in [3.8, 4) is 0 Å². The van der Waals surface area contributed by atoms with Gasteiger partial charge in [-0.2, -0.15) is 0 Å². The van der Waals surface area contributed by atoms with Gasteiger partial charge in [0.1, 0.15) is 0 Å². The number of hydrogen-bond donors (Lipinski definition) is 1. The smallest absolute Gasteiger partial charge is 0.0587 e. The van der Waals surface area contributed by atoms with Gasteiger partial charge in [0.25, 0.3) is 0 Å². The minimum Gasteiger partial charge on any atom is -0.311 e. The van der Waals surface area contributed by atoms with E-state index in [4.69, 9.17) is 11.6 Å². The molecule has 0 unspecified atom stereocenters. The van der Waals surface area contributed by atoms with Gasteiger partial charge in [-0.25, -0.2) is 0 Å². The van der Waals surface area contributed by atoms with Gasteiger partial charge in [0.05, 0.1) is 5.02 Å². The number of likely N-dealkylation sites (N-methyl/N-ethyl adjacent to an activating group) is 1. The van der Waals surface area contributed by atoms with Crippen LogP contribution in [0.3, 0.4) is 0 Å². The fourth-order valence-electron chi connectivity index (χ4n) is 1.23. The Kier molecular flexibility index (Phi) is 5.61. The maximum atomic E-state index is 6.14. The molecule has 0 aliphatic heterocycles. The zero-order valence-electron chi connectivity index (χ0n) is 9.64. The lowest BCUT2D eigenvalue weighted by atomic mass is 10.3. The molecule has 0 atom stereocenters. The van der Waals surface area contributed by atoms with Crippen molar-refractivity contribution in [2.75, 3.05) is 26.7 Å². The summed E-state index contributed by atoms with van der Waals surface area (Å²) in [6, 6.07) is 0. The molecule has 1 aromatic heterocycles. The highest BCUT2D eigenvalue weighted by molar-refractivity contribution is 7.10. The minimum atomic E-state index is 0.884. The third-order valence-electron chi connectivity index (χ3n) is 2.46. The van der Waals surface area contributed by atoms with Crippen LogP contribution in [0.15, 0.2) is 5.38 Å². The van der Waals surface area contributed by atoms with Crippen molar-refractivity contribution in [2.45, 2.75) is 20.4 Å². The Balaban J connectivity index is 2.23. The molecule has 0 saturated carbocycles. The zero-order valence-corrected chi connectivity index (χ0v) is 11.2. The number of halogens is 1. The molecule has 0 aromatic carbocycles. The second-order valence-corrected chi connectivity index (χ2v) is 5.07. The number of hydrogen-bond acceptors (Lipinski definition) is 3. The minimum absolute atomic E-state index is 0.884. The molecule has 1 rings (SSSR count). The van der Waals surface area contributed by atoms with E-state index in [1.54, 1.807) is 11.3 Å². The first-order chi connectivity index (χ1) is 7.15. The van der Waals surface area contributed by atoms with Crippen molar-refractivity contribution in [3.63, 3.8) is 0 Å². The van der Waals surface area contributed by atoms with Gasteiger partial charge < -0.3 is 10.2 Å². The van der Waals surface area contributed by atoms with Crippen LogP contribution in [0.2, 0.25) is 5.02 Å². The van der Waals surface area contributed by atoms with E-state index in [1.807, 2.05) is 6.92 Å². The van der Waals surface area contributed by atoms with Gasteiger partial charge in [0.15, 0.2) is 0 Å². The monoisotopic (exact) mass is 246 g/mol. The molecule has 0 fully saturated rings. The lowest BCUT2D eigenvalue weighted by Crippen LogP contribution is -2.28. The zero-order chi connectivity index (χ0) is 11.3. The van der Waals surface area contributed by atoms with E-state index in [1.165, 1.54) is 10.4 Å². The Hall–Kier alpha value is -0.0900. The number of rotatable bonds is 6. The molecule has 0 radical (unpaired) electrons. The van der Waals surface area contributed by atoms with Gasteiger partial charge in [-0.15, -0.1) is 11.3 Å². The maximum absolute atomic E-state index is 6.14. The van der Waals surface area contributed by atoms with Crippen LogP contribution in [0.25, 0.3) is 0 Å². The van der Waals surface area contributed by atoms with Crippen molar-refractivity contribution >= 4 is 22.9 Å². The van der Waals surface area contributed by atoms with Crippen molar-refractivity contribution in [1.29, 1.82) is 0 Å². The van der Waals surface area contributed by atoms with E-state index < -0.39 is 0 Å². The highest BCUT2D eigenvalue weighted by Gasteiger charge is 2.05. The molecule has 15 heavy (non-hydrogen) atoms. The van der Waals surface area contributed by atoms with Crippen LogP contribution in [-0.2, 0) is 6.54 Å². The van der Waals surface area contributed by atoms with E-state index >= 15 is 0 Å². The molecular formula is C11H19ClN2S. The highest BCUT2D eigenvalue weighted by Crippen LogP contribution is 2.26. The molecule has 0 bridgehead atoms. The summed E-state index contributed by atoms with van der Waals surface area (Å²) in [4.78, 5) is 3.53. The van der Waals surface area contributed by atoms with Crippen LogP contribution in [0.5, 0.6) is 0 Å². The quantitative estimate of drug-likeness (QED) is 0.777. The fourth-order valence-corrected chi connectivity index (χ4v) is 2.44. The molecule has 0 aliphatic carbocycles. The average Bonchev–Trinajstić information content (AvgIpc) is 2.55. The molecular weight excluding hydrogens is 228 g/mol. The van der Waals surface area contributed by atoms with Crippen molar-refractivity contribution < 1.29 is 0 Å². The molecule has 0 spiro atoms. The van der Waals surface area contributed by atoms with Gasteiger partial charge in [-0.1, -0.05) is 18.5 Å². The molecule has 0 aliphatic rings. The summed E-state index contributed by atoms with van der Waals surface area (Å²) >= 11 is 7.87. The van der Waals surface area contributed by atoms with E-state index in [2.05, 4.69) is 29.6 Å². The summed E-state index contributed by atoms with van der Waals surface area (Å²) in [6.45, 7) is 8.29. The second kappa shape index (κ2) is 6.48. The molecule has 2 nitrogen and oxygen atoms in total. The topological polar surface area (TPSA) is 15.3 Å². The molecule has 4 heteroatoms. The normalized spacial score (nSPS) is 11.3. The molecule has 0 amide bonds. The van der Waals surface area contributed by atoms with Crippen molar-refractivity contribution in [2.24, 2.45) is 0 Å². The van der Waals surface area contributed by atoms with Crippen LogP contribution in [0, 0.1) is 6.92 Å². The number of nitrogens with zero attached hydrogens (tertiary/aromatic N) is 1. The van der Waals surface area contributed by atoms with Gasteiger partial charge in [-0.3, -0.25) is 0 Å². The third kappa shape index (κ3) is 4.11. The Morgan fingerprint density at radius 1 is 1.53 bits per heavy atom. The van der Waals surface area contributed by atoms with Crippen LogP contribution in [0.4, 0.5) is 0 Å². The van der Waals surface area contributed by atoms with Crippen LogP contribution >= 0.6 is 22.9 Å². The average molecular weight is 247 g/mol. The summed E-state index contributed by atoms with van der Waals surface area (Å²) in [5.74, 6) is 0. The van der Waals surface area contributed by atoms with Crippen LogP contribution < -0.4 is 5.32 Å². The SMILES string of the molecule is CCN(C)CCNCc1scc(C)c1Cl. The first-order valence-corrected chi connectivity index (χ1v) is 6.52. The maximum Gasteiger partial charge on any atom is 0.0587 e. The van der Waals surface area contributed by atoms with Crippen molar-refractivity contribution in [1.82, 2.24) is 10.2 Å². The summed E-state index contributed by atoms with van der Waals surface area (Å²) in [7, 11) is 2.13. The molecule has 0 saturated heterocycles. The molecule has 86 valence electrons. The van der Waals surface area contributed by atoms with Gasteiger partial charge in [0.2, 0.25) is 0 Å². The van der Waals surface area contributed by atoms with E-state index in [0.29, 0.717) is 0 Å². The van der Waals surface area contributed by atoms with Crippen LogP contribution in [-0.4, -0.2) is 31.6 Å². The Morgan fingerprint density at radius 2 is 2.27 bits per heavy atom. The lowest BCUT2D eigenvalue weighted by molar-refractivity contribution is 0.349. The predicted molar refractivity (Wildman–Crippen MR) is 68.9 cm³/mol. The largest absolute Gasteiger partial charge is 0.311 e. The Labute approximate surface area is 101 Å². The summed E-state index contributed by atoms with van der Waals surface area (Å²) < 4.78 is 0. The van der Waals surface area contributed by atoms with Gasteiger partial charge in [0, 0.05) is 24.5 Å². The lowest BCUT2D eigenvalue weighted by Gasteiger charge is -2.13. The van der Waals surface area contributed by atoms with Crippen molar-refractivity contribution in [3.05, 3.63) is 20.8 Å². The van der Waals surface area contributed by atoms with E-state index in [0.717, 1.165) is 31.2 Å². The number of aryl methyl sites for hydroxylation is 1. The van der Waals surface area contributed by atoms with E-state index in [9.17, 15) is 0 Å². The Morgan fingerprint density at radius 3 is 2.80 bits per heavy atom. The summed E-state index contributed by atoms with van der Waals surface area (Å²) in [5, 5.41) is 6.44. The summed E-state index contributed by atoms with van der Waals surface area (Å²) in [6.07, 6.45) is 0. The van der Waals surface area contributed by atoms with E-state index in [-0.39, 0.29) is 0 Å². The second-order valence-electron chi connectivity index (χ2n) is 3.73. The molecule has 1 aromatic rings. The Bertz CT molecular complexity index is 299. The standard InChI is InChI=1S/C11H19ClN2S/c1-4-14(3)6-5-13-7-10-11(12)9(2)8-15-10/h8,13H,4-7H2,1-3H3. The number of thiophene rings is 1. The highest BCUT2D eigenvalue weighted by atomic mass is 35.5. The van der Waals surface area contributed by atoms with Gasteiger partial charge in [-0.05, 0) is 31.5 Å². The first kappa shape index (κ1) is 13.0. The summed E-state index contributed by atoms with van der Waals surface area (Å²) in [5.41, 5.74) is 1.18. The molecule has 1 N–H and O–H groups in total. The molecule has 1 heterocycles. The predicted octanol–water partition coefficient (Wildman–Crippen LogP) is 2.75. The van der Waals surface area contributed by atoms with Gasteiger partial charge >= 0.3 is 0 Å². The fraction of sp³-hybridized carbons (Fsp3) is 0.636. The third-order valence-corrected chi connectivity index (χ3v) is 4.21.